The van der Waals surface area contributed by atoms with Crippen LogP contribution in [0.2, 0.25) is 20.1 Å². The zero-order chi connectivity index (χ0) is 24.8. The fourth-order valence-electron chi connectivity index (χ4n) is 3.72. The molecule has 2 N–H and O–H groups in total. The number of rotatable bonds is 5. The first-order valence-corrected chi connectivity index (χ1v) is 12.3. The Hall–Kier alpha value is -1.66. The summed E-state index contributed by atoms with van der Waals surface area (Å²) in [5, 5.41) is 6.51. The molecule has 1 aliphatic carbocycles. The highest BCUT2D eigenvalue weighted by molar-refractivity contribution is 6.54. The highest BCUT2D eigenvalue weighted by Crippen LogP contribution is 2.65. The summed E-state index contributed by atoms with van der Waals surface area (Å²) < 4.78 is -1.36. The van der Waals surface area contributed by atoms with Crippen LogP contribution in [0.25, 0.3) is 0 Å². The van der Waals surface area contributed by atoms with Crippen LogP contribution in [0.15, 0.2) is 54.6 Å². The SMILES string of the molecule is Cc1ccccc1NC(=O)c1cc(NC(=O)C2C(c3cc(Cl)c(Cl)c(Cl)c3)C2(Cl)Cl)ccc1Cl. The second-order valence-electron chi connectivity index (χ2n) is 7.88. The maximum absolute atomic E-state index is 13.0. The number of para-hydroxylation sites is 1. The smallest absolute Gasteiger partial charge is 0.257 e. The predicted molar refractivity (Wildman–Crippen MR) is 141 cm³/mol. The average Bonchev–Trinajstić information content (AvgIpc) is 3.36. The van der Waals surface area contributed by atoms with Gasteiger partial charge in [-0.15, -0.1) is 23.2 Å². The van der Waals surface area contributed by atoms with E-state index in [9.17, 15) is 9.59 Å². The van der Waals surface area contributed by atoms with Gasteiger partial charge >= 0.3 is 0 Å². The summed E-state index contributed by atoms with van der Waals surface area (Å²) in [6, 6.07) is 15.1. The maximum atomic E-state index is 13.0. The van der Waals surface area contributed by atoms with Gasteiger partial charge in [-0.1, -0.05) is 64.6 Å². The van der Waals surface area contributed by atoms with E-state index in [4.69, 9.17) is 69.6 Å². The molecule has 2 atom stereocenters. The van der Waals surface area contributed by atoms with Gasteiger partial charge in [0, 0.05) is 17.3 Å². The summed E-state index contributed by atoms with van der Waals surface area (Å²) in [6.45, 7) is 1.88. The van der Waals surface area contributed by atoms with Crippen molar-refractivity contribution in [2.75, 3.05) is 10.6 Å². The molecular formula is C24H16Cl6N2O2. The minimum atomic E-state index is -1.36. The number of hydrogen-bond donors (Lipinski definition) is 2. The quantitative estimate of drug-likeness (QED) is 0.237. The molecule has 34 heavy (non-hydrogen) atoms. The molecule has 3 aromatic carbocycles. The van der Waals surface area contributed by atoms with Crippen molar-refractivity contribution in [3.8, 4) is 0 Å². The number of hydrogen-bond acceptors (Lipinski definition) is 2. The third-order valence-corrected chi connectivity index (χ3v) is 8.04. The van der Waals surface area contributed by atoms with Gasteiger partial charge in [0.05, 0.1) is 31.6 Å². The molecule has 1 aliphatic rings. The van der Waals surface area contributed by atoms with E-state index in [1.807, 2.05) is 25.1 Å². The summed E-state index contributed by atoms with van der Waals surface area (Å²) in [4.78, 5) is 25.8. The van der Waals surface area contributed by atoms with Crippen LogP contribution in [-0.2, 0) is 4.79 Å². The Labute approximate surface area is 226 Å². The van der Waals surface area contributed by atoms with Crippen molar-refractivity contribution in [2.24, 2.45) is 5.92 Å². The molecule has 0 spiro atoms. The normalized spacial score (nSPS) is 18.3. The van der Waals surface area contributed by atoms with Gasteiger partial charge < -0.3 is 10.6 Å². The minimum Gasteiger partial charge on any atom is -0.326 e. The van der Waals surface area contributed by atoms with Gasteiger partial charge in [0.15, 0.2) is 0 Å². The van der Waals surface area contributed by atoms with E-state index in [0.29, 0.717) is 16.9 Å². The molecule has 0 saturated heterocycles. The molecule has 0 radical (unpaired) electrons. The molecule has 2 amide bonds. The molecule has 10 heteroatoms. The molecular weight excluding hydrogens is 561 g/mol. The molecule has 0 aliphatic heterocycles. The van der Waals surface area contributed by atoms with Crippen LogP contribution in [0.3, 0.4) is 0 Å². The number of alkyl halides is 2. The van der Waals surface area contributed by atoms with Gasteiger partial charge in [-0.05, 0) is 54.4 Å². The molecule has 1 fully saturated rings. The monoisotopic (exact) mass is 574 g/mol. The van der Waals surface area contributed by atoms with Crippen LogP contribution in [0.5, 0.6) is 0 Å². The lowest BCUT2D eigenvalue weighted by molar-refractivity contribution is -0.117. The van der Waals surface area contributed by atoms with E-state index in [2.05, 4.69) is 10.6 Å². The van der Waals surface area contributed by atoms with Crippen LogP contribution < -0.4 is 10.6 Å². The van der Waals surface area contributed by atoms with Crippen LogP contribution >= 0.6 is 69.6 Å². The van der Waals surface area contributed by atoms with Crippen molar-refractivity contribution in [2.45, 2.75) is 17.2 Å². The molecule has 0 heterocycles. The van der Waals surface area contributed by atoms with Crippen LogP contribution in [0, 0.1) is 12.8 Å². The standard InChI is InChI=1S/C24H16Cl6N2O2/c1-11-4-2-3-5-18(11)32-22(33)14-10-13(6-7-15(14)25)31-23(34)20-19(24(20,29)30)12-8-16(26)21(28)17(27)9-12/h2-10,19-20H,1H3,(H,31,34)(H,32,33). The number of nitrogens with one attached hydrogen (secondary N) is 2. The first-order valence-electron chi connectivity index (χ1n) is 10.0. The number of benzene rings is 3. The summed E-state index contributed by atoms with van der Waals surface area (Å²) in [5.41, 5.74) is 2.73. The second kappa shape index (κ2) is 9.77. The van der Waals surface area contributed by atoms with Gasteiger partial charge in [0.2, 0.25) is 5.91 Å². The lowest BCUT2D eigenvalue weighted by atomic mass is 10.1. The van der Waals surface area contributed by atoms with Crippen LogP contribution in [0.4, 0.5) is 11.4 Å². The third kappa shape index (κ3) is 4.99. The molecule has 0 aromatic heterocycles. The van der Waals surface area contributed by atoms with E-state index in [0.717, 1.165) is 5.56 Å². The van der Waals surface area contributed by atoms with Crippen molar-refractivity contribution in [3.05, 3.63) is 91.4 Å². The van der Waals surface area contributed by atoms with Gasteiger partial charge in [0.1, 0.15) is 4.33 Å². The highest BCUT2D eigenvalue weighted by atomic mass is 35.5. The number of carbonyl (C=O) groups excluding carboxylic acids is 2. The van der Waals surface area contributed by atoms with Gasteiger partial charge in [0.25, 0.3) is 5.91 Å². The van der Waals surface area contributed by atoms with Crippen molar-refractivity contribution in [1.82, 2.24) is 0 Å². The lowest BCUT2D eigenvalue weighted by Crippen LogP contribution is -2.18. The zero-order valence-electron chi connectivity index (χ0n) is 17.4. The number of aryl methyl sites for hydroxylation is 1. The molecule has 3 aromatic rings. The summed E-state index contributed by atoms with van der Waals surface area (Å²) in [6.07, 6.45) is 0. The van der Waals surface area contributed by atoms with Crippen LogP contribution in [-0.4, -0.2) is 16.1 Å². The second-order valence-corrected chi connectivity index (χ2v) is 10.9. The summed E-state index contributed by atoms with van der Waals surface area (Å²) >= 11 is 37.3. The topological polar surface area (TPSA) is 58.2 Å². The Balaban J connectivity index is 1.52. The third-order valence-electron chi connectivity index (χ3n) is 5.57. The lowest BCUT2D eigenvalue weighted by Gasteiger charge is -2.11. The maximum Gasteiger partial charge on any atom is 0.257 e. The van der Waals surface area contributed by atoms with E-state index >= 15 is 0 Å². The summed E-state index contributed by atoms with van der Waals surface area (Å²) in [5.74, 6) is -2.15. The molecule has 1 saturated carbocycles. The fourth-order valence-corrected chi connectivity index (χ4v) is 5.37. The summed E-state index contributed by atoms with van der Waals surface area (Å²) in [7, 11) is 0. The van der Waals surface area contributed by atoms with Gasteiger partial charge in [-0.2, -0.15) is 0 Å². The molecule has 4 rings (SSSR count). The van der Waals surface area contributed by atoms with E-state index in [-0.39, 0.29) is 25.7 Å². The van der Waals surface area contributed by atoms with E-state index in [1.54, 1.807) is 24.3 Å². The van der Waals surface area contributed by atoms with Crippen molar-refractivity contribution in [3.63, 3.8) is 0 Å². The van der Waals surface area contributed by atoms with Crippen molar-refractivity contribution in [1.29, 1.82) is 0 Å². The Morgan fingerprint density at radius 2 is 1.50 bits per heavy atom. The van der Waals surface area contributed by atoms with E-state index < -0.39 is 28.0 Å². The zero-order valence-corrected chi connectivity index (χ0v) is 22.0. The molecule has 2 unspecified atom stereocenters. The first-order chi connectivity index (χ1) is 16.0. The van der Waals surface area contributed by atoms with Gasteiger partial charge in [-0.25, -0.2) is 0 Å². The number of carbonyl (C=O) groups is 2. The van der Waals surface area contributed by atoms with E-state index in [1.165, 1.54) is 12.1 Å². The van der Waals surface area contributed by atoms with Crippen molar-refractivity contribution < 1.29 is 9.59 Å². The Bertz CT molecular complexity index is 1290. The first kappa shape index (κ1) is 25.4. The number of halogens is 6. The largest absolute Gasteiger partial charge is 0.326 e. The van der Waals surface area contributed by atoms with Crippen molar-refractivity contribution >= 4 is 92.8 Å². The molecule has 176 valence electrons. The van der Waals surface area contributed by atoms with Gasteiger partial charge in [-0.3, -0.25) is 9.59 Å². The minimum absolute atomic E-state index is 0.203. The number of anilines is 2. The Kier molecular flexibility index (Phi) is 7.31. The fraction of sp³-hybridized carbons (Fsp3) is 0.167. The Morgan fingerprint density at radius 1 is 0.853 bits per heavy atom. The molecule has 0 bridgehead atoms. The molecule has 4 nitrogen and oxygen atoms in total. The highest BCUT2D eigenvalue weighted by Gasteiger charge is 2.67. The van der Waals surface area contributed by atoms with Crippen LogP contribution in [0.1, 0.15) is 27.4 Å². The predicted octanol–water partition coefficient (Wildman–Crippen LogP) is 8.39. The average molecular weight is 577 g/mol. The number of amides is 2. The Morgan fingerprint density at radius 3 is 2.15 bits per heavy atom.